The van der Waals surface area contributed by atoms with E-state index in [1.165, 1.54) is 0 Å². The van der Waals surface area contributed by atoms with Crippen LogP contribution in [0.3, 0.4) is 0 Å². The summed E-state index contributed by atoms with van der Waals surface area (Å²) in [5.74, 6) is 0. The van der Waals surface area contributed by atoms with Crippen LogP contribution in [-0.2, 0) is 11.3 Å². The van der Waals surface area contributed by atoms with E-state index in [4.69, 9.17) is 10.5 Å². The lowest BCUT2D eigenvalue weighted by molar-refractivity contribution is 0.125. The topological polar surface area (TPSA) is 53.1 Å². The normalized spacial score (nSPS) is 10.4. The number of nitrogens with zero attached hydrogens (tertiary/aromatic N) is 2. The van der Waals surface area contributed by atoms with E-state index in [0.29, 0.717) is 6.54 Å². The second-order valence-corrected chi connectivity index (χ2v) is 2.56. The Bertz CT molecular complexity index is 186. The molecule has 68 valence electrons. The molecule has 0 aromatic carbocycles. The molecule has 0 amide bonds. The minimum Gasteiger partial charge on any atom is -0.380 e. The van der Waals surface area contributed by atoms with Crippen molar-refractivity contribution in [2.75, 3.05) is 19.8 Å². The third-order valence-corrected chi connectivity index (χ3v) is 1.55. The molecule has 1 aromatic heterocycles. The average Bonchev–Trinajstić information content (AvgIpc) is 2.57. The minimum atomic E-state index is 0.699. The van der Waals surface area contributed by atoms with Gasteiger partial charge in [0.1, 0.15) is 0 Å². The predicted molar refractivity (Wildman–Crippen MR) is 46.7 cm³/mol. The largest absolute Gasteiger partial charge is 0.380 e. The number of imidazole rings is 1. The van der Waals surface area contributed by atoms with Crippen molar-refractivity contribution in [3.8, 4) is 0 Å². The van der Waals surface area contributed by atoms with E-state index in [2.05, 4.69) is 4.98 Å². The van der Waals surface area contributed by atoms with Gasteiger partial charge in [-0.3, -0.25) is 0 Å². The molecule has 0 spiro atoms. The Kier molecular flexibility index (Phi) is 4.41. The summed E-state index contributed by atoms with van der Waals surface area (Å²) in [7, 11) is 0. The molecule has 0 radical (unpaired) electrons. The summed E-state index contributed by atoms with van der Waals surface area (Å²) in [6.07, 6.45) is 6.41. The molecule has 0 saturated carbocycles. The van der Waals surface area contributed by atoms with Crippen LogP contribution in [0.2, 0.25) is 0 Å². The second kappa shape index (κ2) is 5.74. The molecule has 0 atom stereocenters. The molecule has 0 unspecified atom stereocenters. The number of ether oxygens (including phenoxy) is 1. The van der Waals surface area contributed by atoms with Gasteiger partial charge in [-0.15, -0.1) is 0 Å². The zero-order valence-electron chi connectivity index (χ0n) is 7.15. The summed E-state index contributed by atoms with van der Waals surface area (Å²) in [6.45, 7) is 3.05. The fraction of sp³-hybridized carbons (Fsp3) is 0.625. The van der Waals surface area contributed by atoms with Gasteiger partial charge in [-0.25, -0.2) is 4.98 Å². The van der Waals surface area contributed by atoms with Gasteiger partial charge in [0.2, 0.25) is 0 Å². The molecular weight excluding hydrogens is 154 g/mol. The predicted octanol–water partition coefficient (Wildman–Crippen LogP) is 0.248. The van der Waals surface area contributed by atoms with Crippen LogP contribution in [0.1, 0.15) is 6.42 Å². The third kappa shape index (κ3) is 3.50. The Morgan fingerprint density at radius 1 is 1.42 bits per heavy atom. The van der Waals surface area contributed by atoms with Crippen LogP contribution in [0.5, 0.6) is 0 Å². The molecule has 0 saturated heterocycles. The van der Waals surface area contributed by atoms with Gasteiger partial charge in [0.25, 0.3) is 0 Å². The van der Waals surface area contributed by atoms with Gasteiger partial charge in [-0.2, -0.15) is 0 Å². The highest BCUT2D eigenvalue weighted by Gasteiger charge is 1.89. The first kappa shape index (κ1) is 9.22. The maximum absolute atomic E-state index is 5.32. The van der Waals surface area contributed by atoms with Crippen molar-refractivity contribution in [3.05, 3.63) is 18.7 Å². The number of nitrogens with two attached hydrogens (primary N) is 1. The third-order valence-electron chi connectivity index (χ3n) is 1.55. The Hall–Kier alpha value is -0.870. The van der Waals surface area contributed by atoms with Crippen LogP contribution in [-0.4, -0.2) is 29.3 Å². The van der Waals surface area contributed by atoms with Gasteiger partial charge in [-0.1, -0.05) is 0 Å². The quantitative estimate of drug-likeness (QED) is 0.621. The first-order chi connectivity index (χ1) is 5.93. The van der Waals surface area contributed by atoms with E-state index in [9.17, 15) is 0 Å². The number of rotatable bonds is 6. The van der Waals surface area contributed by atoms with E-state index in [0.717, 1.165) is 26.2 Å². The van der Waals surface area contributed by atoms with E-state index >= 15 is 0 Å². The molecule has 0 fully saturated rings. The molecule has 12 heavy (non-hydrogen) atoms. The van der Waals surface area contributed by atoms with Crippen molar-refractivity contribution in [2.24, 2.45) is 5.73 Å². The van der Waals surface area contributed by atoms with Crippen LogP contribution in [0, 0.1) is 0 Å². The zero-order valence-corrected chi connectivity index (χ0v) is 7.15. The van der Waals surface area contributed by atoms with Crippen molar-refractivity contribution < 1.29 is 4.74 Å². The maximum atomic E-state index is 5.32. The van der Waals surface area contributed by atoms with Gasteiger partial charge in [-0.05, 0) is 13.0 Å². The highest BCUT2D eigenvalue weighted by molar-refractivity contribution is 4.73. The van der Waals surface area contributed by atoms with Crippen molar-refractivity contribution in [3.63, 3.8) is 0 Å². The zero-order chi connectivity index (χ0) is 8.65. The summed E-state index contributed by atoms with van der Waals surface area (Å²) in [6, 6.07) is 0. The molecule has 1 heterocycles. The second-order valence-electron chi connectivity index (χ2n) is 2.56. The molecule has 2 N–H and O–H groups in total. The van der Waals surface area contributed by atoms with Crippen LogP contribution in [0.4, 0.5) is 0 Å². The van der Waals surface area contributed by atoms with Crippen LogP contribution in [0.15, 0.2) is 18.7 Å². The lowest BCUT2D eigenvalue weighted by Crippen LogP contribution is -2.08. The molecule has 1 aromatic rings. The molecule has 0 aliphatic heterocycles. The highest BCUT2D eigenvalue weighted by Crippen LogP contribution is 1.87. The van der Waals surface area contributed by atoms with E-state index in [1.54, 1.807) is 12.5 Å². The molecule has 4 heteroatoms. The van der Waals surface area contributed by atoms with Gasteiger partial charge < -0.3 is 15.0 Å². The average molecular weight is 169 g/mol. The summed E-state index contributed by atoms with van der Waals surface area (Å²) in [4.78, 5) is 3.92. The van der Waals surface area contributed by atoms with Crippen LogP contribution >= 0.6 is 0 Å². The number of hydrogen-bond donors (Lipinski definition) is 1. The van der Waals surface area contributed by atoms with Gasteiger partial charge >= 0.3 is 0 Å². The van der Waals surface area contributed by atoms with Crippen molar-refractivity contribution in [1.29, 1.82) is 0 Å². The highest BCUT2D eigenvalue weighted by atomic mass is 16.5. The molecule has 1 rings (SSSR count). The van der Waals surface area contributed by atoms with Crippen LogP contribution in [0.25, 0.3) is 0 Å². The monoisotopic (exact) mass is 169 g/mol. The van der Waals surface area contributed by atoms with Crippen LogP contribution < -0.4 is 5.73 Å². The lowest BCUT2D eigenvalue weighted by Gasteiger charge is -2.03. The first-order valence-electron chi connectivity index (χ1n) is 4.17. The van der Waals surface area contributed by atoms with Gasteiger partial charge in [0.15, 0.2) is 0 Å². The molecule has 0 aliphatic rings. The Labute approximate surface area is 72.3 Å². The van der Waals surface area contributed by atoms with Gasteiger partial charge in [0.05, 0.1) is 12.9 Å². The Morgan fingerprint density at radius 3 is 3.00 bits per heavy atom. The number of hydrogen-bond acceptors (Lipinski definition) is 3. The van der Waals surface area contributed by atoms with E-state index in [-0.39, 0.29) is 0 Å². The fourth-order valence-electron chi connectivity index (χ4n) is 0.876. The Morgan fingerprint density at radius 2 is 2.33 bits per heavy atom. The van der Waals surface area contributed by atoms with Crippen molar-refractivity contribution >= 4 is 0 Å². The fourth-order valence-corrected chi connectivity index (χ4v) is 0.876. The first-order valence-corrected chi connectivity index (χ1v) is 4.17. The van der Waals surface area contributed by atoms with Crippen molar-refractivity contribution in [1.82, 2.24) is 9.55 Å². The minimum absolute atomic E-state index is 0.699. The van der Waals surface area contributed by atoms with Gasteiger partial charge in [0, 0.05) is 25.5 Å². The molecular formula is C8H15N3O. The maximum Gasteiger partial charge on any atom is 0.0946 e. The van der Waals surface area contributed by atoms with E-state index in [1.807, 2.05) is 10.8 Å². The molecule has 0 bridgehead atoms. The number of aromatic nitrogens is 2. The summed E-state index contributed by atoms with van der Waals surface area (Å²) < 4.78 is 7.31. The van der Waals surface area contributed by atoms with E-state index < -0.39 is 0 Å². The summed E-state index contributed by atoms with van der Waals surface area (Å²) in [5, 5.41) is 0. The summed E-state index contributed by atoms with van der Waals surface area (Å²) >= 11 is 0. The standard InChI is InChI=1S/C8H15N3O/c9-2-1-6-12-7-5-11-4-3-10-8-11/h3-4,8H,1-2,5-7,9H2. The Balaban J connectivity index is 1.96. The van der Waals surface area contributed by atoms with Crippen molar-refractivity contribution in [2.45, 2.75) is 13.0 Å². The smallest absolute Gasteiger partial charge is 0.0946 e. The molecule has 4 nitrogen and oxygen atoms in total. The SMILES string of the molecule is NCCCOCCn1ccnc1. The lowest BCUT2D eigenvalue weighted by atomic mass is 10.5. The summed E-state index contributed by atoms with van der Waals surface area (Å²) in [5.41, 5.74) is 5.31. The molecule has 0 aliphatic carbocycles.